The molecule has 0 heterocycles. The molecule has 4 aromatic carbocycles. The van der Waals surface area contributed by atoms with Crippen LogP contribution < -0.4 is 4.74 Å². The van der Waals surface area contributed by atoms with E-state index in [4.69, 9.17) is 0 Å². The highest BCUT2D eigenvalue weighted by Gasteiger charge is 2.39. The third kappa shape index (κ3) is 5.08. The van der Waals surface area contributed by atoms with Crippen molar-refractivity contribution < 1.29 is 35.5 Å². The molecule has 0 N–H and O–H groups in total. The molecule has 36 heavy (non-hydrogen) atoms. The second-order valence-electron chi connectivity index (χ2n) is 8.13. The molecule has 4 aromatic rings. The molecule has 0 unspecified atom stereocenters. The molecular formula is C28H19F7O. The maximum atomic E-state index is 14.8. The number of aryl methyl sites for hydroxylation is 1. The van der Waals surface area contributed by atoms with Crippen LogP contribution >= 0.6 is 0 Å². The fourth-order valence-electron chi connectivity index (χ4n) is 3.79. The van der Waals surface area contributed by atoms with E-state index in [1.54, 1.807) is 12.1 Å². The van der Waals surface area contributed by atoms with Gasteiger partial charge in [-0.2, -0.15) is 8.78 Å². The summed E-state index contributed by atoms with van der Waals surface area (Å²) in [5, 5.41) is 0. The molecule has 8 heteroatoms. The van der Waals surface area contributed by atoms with Gasteiger partial charge in [0.2, 0.25) is 0 Å². The van der Waals surface area contributed by atoms with Crippen LogP contribution in [0.5, 0.6) is 5.75 Å². The van der Waals surface area contributed by atoms with E-state index >= 15 is 0 Å². The zero-order valence-corrected chi connectivity index (χ0v) is 18.9. The molecule has 0 radical (unpaired) electrons. The highest BCUT2D eigenvalue weighted by molar-refractivity contribution is 5.71. The van der Waals surface area contributed by atoms with E-state index in [-0.39, 0.29) is 23.3 Å². The van der Waals surface area contributed by atoms with Gasteiger partial charge in [0.15, 0.2) is 29.1 Å². The topological polar surface area (TPSA) is 9.23 Å². The Hall–Kier alpha value is -3.81. The van der Waals surface area contributed by atoms with Gasteiger partial charge in [0, 0.05) is 17.7 Å². The van der Waals surface area contributed by atoms with Gasteiger partial charge in [-0.3, -0.25) is 0 Å². The van der Waals surface area contributed by atoms with Gasteiger partial charge in [-0.15, -0.1) is 0 Å². The molecule has 0 fully saturated rings. The Morgan fingerprint density at radius 3 is 1.72 bits per heavy atom. The average Bonchev–Trinajstić information content (AvgIpc) is 2.84. The molecule has 0 spiro atoms. The predicted molar refractivity (Wildman–Crippen MR) is 122 cm³/mol. The van der Waals surface area contributed by atoms with Crippen molar-refractivity contribution in [3.8, 4) is 28.0 Å². The highest BCUT2D eigenvalue weighted by Crippen LogP contribution is 2.37. The molecule has 186 valence electrons. The van der Waals surface area contributed by atoms with Crippen LogP contribution in [-0.2, 0) is 12.5 Å². The van der Waals surface area contributed by atoms with Crippen molar-refractivity contribution in [2.75, 3.05) is 0 Å². The first-order valence-electron chi connectivity index (χ1n) is 11.0. The minimum Gasteiger partial charge on any atom is -0.429 e. The second-order valence-corrected chi connectivity index (χ2v) is 8.13. The van der Waals surface area contributed by atoms with Crippen molar-refractivity contribution in [1.82, 2.24) is 0 Å². The Kier molecular flexibility index (Phi) is 7.06. The van der Waals surface area contributed by atoms with Crippen LogP contribution in [0.3, 0.4) is 0 Å². The highest BCUT2D eigenvalue weighted by atomic mass is 19.3. The van der Waals surface area contributed by atoms with Crippen molar-refractivity contribution >= 4 is 0 Å². The van der Waals surface area contributed by atoms with Crippen LogP contribution in [0.1, 0.15) is 24.5 Å². The van der Waals surface area contributed by atoms with Crippen molar-refractivity contribution in [2.45, 2.75) is 25.9 Å². The Bertz CT molecular complexity index is 1360. The van der Waals surface area contributed by atoms with Crippen molar-refractivity contribution in [3.63, 3.8) is 0 Å². The molecule has 0 aliphatic rings. The summed E-state index contributed by atoms with van der Waals surface area (Å²) in [5.74, 6) is -9.98. The molecule has 0 aliphatic carbocycles. The van der Waals surface area contributed by atoms with Crippen LogP contribution in [0.4, 0.5) is 30.7 Å². The van der Waals surface area contributed by atoms with E-state index in [1.165, 1.54) is 17.7 Å². The minimum absolute atomic E-state index is 0.174. The summed E-state index contributed by atoms with van der Waals surface area (Å²) in [6, 6.07) is 16.3. The summed E-state index contributed by atoms with van der Waals surface area (Å²) in [4.78, 5) is 0. The first kappa shape index (κ1) is 25.3. The Labute approximate surface area is 202 Å². The first-order chi connectivity index (χ1) is 17.1. The fourth-order valence-corrected chi connectivity index (χ4v) is 3.79. The third-order valence-electron chi connectivity index (χ3n) is 5.62. The van der Waals surface area contributed by atoms with E-state index in [2.05, 4.69) is 11.7 Å². The lowest BCUT2D eigenvalue weighted by molar-refractivity contribution is -0.187. The van der Waals surface area contributed by atoms with Crippen LogP contribution in [0, 0.1) is 29.1 Å². The fraction of sp³-hybridized carbons (Fsp3) is 0.143. The van der Waals surface area contributed by atoms with Gasteiger partial charge in [-0.1, -0.05) is 67.9 Å². The Balaban J connectivity index is 1.59. The quantitative estimate of drug-likeness (QED) is 0.181. The van der Waals surface area contributed by atoms with E-state index in [1.807, 2.05) is 24.3 Å². The van der Waals surface area contributed by atoms with Crippen LogP contribution in [0.2, 0.25) is 0 Å². The summed E-state index contributed by atoms with van der Waals surface area (Å²) >= 11 is 0. The molecule has 0 saturated carbocycles. The summed E-state index contributed by atoms with van der Waals surface area (Å²) in [5.41, 5.74) is 1.45. The zero-order chi connectivity index (χ0) is 26.0. The largest absolute Gasteiger partial charge is 0.429 e. The average molecular weight is 504 g/mol. The first-order valence-corrected chi connectivity index (χ1v) is 11.0. The van der Waals surface area contributed by atoms with E-state index in [0.717, 1.165) is 30.0 Å². The van der Waals surface area contributed by atoms with Gasteiger partial charge in [-0.05, 0) is 34.7 Å². The molecule has 1 nitrogen and oxygen atoms in total. The van der Waals surface area contributed by atoms with Gasteiger partial charge >= 0.3 is 6.11 Å². The zero-order valence-electron chi connectivity index (χ0n) is 18.9. The number of hydrogen-bond acceptors (Lipinski definition) is 1. The van der Waals surface area contributed by atoms with Gasteiger partial charge < -0.3 is 4.74 Å². The van der Waals surface area contributed by atoms with E-state index in [9.17, 15) is 30.7 Å². The summed E-state index contributed by atoms with van der Waals surface area (Å²) in [6.07, 6.45) is -2.52. The number of alkyl halides is 2. The predicted octanol–water partition coefficient (Wildman–Crippen LogP) is 8.80. The molecule has 0 aromatic heterocycles. The Morgan fingerprint density at radius 1 is 0.639 bits per heavy atom. The summed E-state index contributed by atoms with van der Waals surface area (Å²) in [6.45, 7) is 2.09. The molecule has 0 saturated heterocycles. The lowest BCUT2D eigenvalue weighted by atomic mass is 9.98. The number of rotatable bonds is 7. The van der Waals surface area contributed by atoms with E-state index < -0.39 is 46.5 Å². The number of benzene rings is 4. The van der Waals surface area contributed by atoms with Crippen LogP contribution in [0.15, 0.2) is 72.8 Å². The molecular weight excluding hydrogens is 485 g/mol. The molecule has 0 aliphatic heterocycles. The van der Waals surface area contributed by atoms with Gasteiger partial charge in [0.1, 0.15) is 11.3 Å². The molecule has 0 atom stereocenters. The Morgan fingerprint density at radius 2 is 1.17 bits per heavy atom. The molecule has 0 amide bonds. The number of hydrogen-bond donors (Lipinski definition) is 0. The lowest BCUT2D eigenvalue weighted by Crippen LogP contribution is -2.24. The smallest absolute Gasteiger partial charge is 0.429 e. The number of ether oxygens (including phenoxy) is 1. The number of halogens is 7. The van der Waals surface area contributed by atoms with Gasteiger partial charge in [0.25, 0.3) is 0 Å². The normalized spacial score (nSPS) is 11.6. The maximum absolute atomic E-state index is 14.8. The molecule has 0 bridgehead atoms. The maximum Gasteiger partial charge on any atom is 0.429 e. The SMILES string of the molecule is CCCc1ccc(-c2ccc(-c3ccc(C(F)(F)Oc4cc(F)c(F)c(F)c4)c(F)c3F)cc2)cc1. The minimum atomic E-state index is -4.51. The lowest BCUT2D eigenvalue weighted by Gasteiger charge is -2.20. The van der Waals surface area contributed by atoms with Crippen LogP contribution in [0.25, 0.3) is 22.3 Å². The van der Waals surface area contributed by atoms with E-state index in [0.29, 0.717) is 6.07 Å². The standard InChI is InChI=1S/C28H19F7O/c1-2-3-16-4-6-17(7-5-16)18-8-10-19(11-9-18)21-12-13-22(26(32)25(21)31)28(34,35)36-20-14-23(29)27(33)24(30)15-20/h4-15H,2-3H2,1H3. The van der Waals surface area contributed by atoms with Gasteiger partial charge in [0.05, 0.1) is 0 Å². The van der Waals surface area contributed by atoms with Crippen LogP contribution in [-0.4, -0.2) is 0 Å². The van der Waals surface area contributed by atoms with Gasteiger partial charge in [-0.25, -0.2) is 22.0 Å². The summed E-state index contributed by atoms with van der Waals surface area (Å²) < 4.78 is 102. The second kappa shape index (κ2) is 10.0. The van der Waals surface area contributed by atoms with Crippen molar-refractivity contribution in [3.05, 3.63) is 113 Å². The monoisotopic (exact) mass is 504 g/mol. The summed E-state index contributed by atoms with van der Waals surface area (Å²) in [7, 11) is 0. The van der Waals surface area contributed by atoms with Crippen molar-refractivity contribution in [1.29, 1.82) is 0 Å². The molecule has 4 rings (SSSR count). The third-order valence-corrected chi connectivity index (χ3v) is 5.62. The van der Waals surface area contributed by atoms with Crippen molar-refractivity contribution in [2.24, 2.45) is 0 Å².